The molecule has 0 amide bonds. The molecule has 0 fully saturated rings. The van der Waals surface area contributed by atoms with Crippen molar-refractivity contribution in [3.63, 3.8) is 0 Å². The minimum atomic E-state index is -0.741. The third-order valence-electron chi connectivity index (χ3n) is 9.44. The van der Waals surface area contributed by atoms with E-state index in [1.165, 1.54) is 167 Å². The summed E-state index contributed by atoms with van der Waals surface area (Å²) in [7, 11) is -0.741. The molecule has 0 aliphatic rings. The van der Waals surface area contributed by atoms with Crippen LogP contribution in [0.2, 0.25) is 0 Å². The Bertz CT molecular complexity index is 390. The highest BCUT2D eigenvalue weighted by Gasteiger charge is 2.34. The average Bonchev–Trinajstić information content (AvgIpc) is 2.94. The standard InChI is InChI=1S/C38H80P/c1-5-9-13-17-19-21-23-25-29-33-37-39(35-31-27-15-11-7-3,36-32-28-16-12-8-4)38-34-30-26-24-22-20-18-14-10-6-2/h5-38H2,1-4H3/q+1. The third kappa shape index (κ3) is 28.3. The van der Waals surface area contributed by atoms with Crippen molar-refractivity contribution in [2.24, 2.45) is 0 Å². The summed E-state index contributed by atoms with van der Waals surface area (Å²) in [6, 6.07) is 0. The highest BCUT2D eigenvalue weighted by Crippen LogP contribution is 2.61. The second kappa shape index (κ2) is 32.9. The van der Waals surface area contributed by atoms with Gasteiger partial charge < -0.3 is 0 Å². The second-order valence-corrected chi connectivity index (χ2v) is 17.9. The molecule has 0 unspecified atom stereocenters. The lowest BCUT2D eigenvalue weighted by atomic mass is 10.1. The molecular weight excluding hydrogens is 487 g/mol. The molecule has 0 rings (SSSR count). The third-order valence-corrected chi connectivity index (χ3v) is 14.5. The maximum Gasteiger partial charge on any atom is 0.0594 e. The van der Waals surface area contributed by atoms with Gasteiger partial charge in [0.15, 0.2) is 0 Å². The second-order valence-electron chi connectivity index (χ2n) is 13.4. The molecule has 0 aromatic heterocycles. The van der Waals surface area contributed by atoms with Gasteiger partial charge in [0.2, 0.25) is 0 Å². The Morgan fingerprint density at radius 3 is 0.538 bits per heavy atom. The summed E-state index contributed by atoms with van der Waals surface area (Å²) in [4.78, 5) is 0. The fourth-order valence-corrected chi connectivity index (χ4v) is 11.6. The molecule has 0 saturated carbocycles. The molecule has 0 radical (unpaired) electrons. The SMILES string of the molecule is CCCCCCCCCCCC[P+](CCCCCCC)(CCCCCCC)CCCCCCCCCCCC. The highest BCUT2D eigenvalue weighted by molar-refractivity contribution is 7.75. The highest BCUT2D eigenvalue weighted by atomic mass is 31.2. The van der Waals surface area contributed by atoms with E-state index < -0.39 is 7.26 Å². The van der Waals surface area contributed by atoms with Gasteiger partial charge in [0.1, 0.15) is 0 Å². The maximum atomic E-state index is 2.37. The zero-order valence-electron chi connectivity index (χ0n) is 28.5. The molecule has 39 heavy (non-hydrogen) atoms. The molecular formula is C38H80P+. The molecule has 0 nitrogen and oxygen atoms in total. The first-order chi connectivity index (χ1) is 19.2. The first-order valence-electron chi connectivity index (χ1n) is 19.1. The van der Waals surface area contributed by atoms with Crippen molar-refractivity contribution in [1.82, 2.24) is 0 Å². The van der Waals surface area contributed by atoms with E-state index in [1.54, 1.807) is 50.3 Å². The fourth-order valence-electron chi connectivity index (χ4n) is 6.64. The Labute approximate surface area is 251 Å². The van der Waals surface area contributed by atoms with Crippen LogP contribution < -0.4 is 0 Å². The average molecular weight is 568 g/mol. The molecule has 1 heteroatoms. The topological polar surface area (TPSA) is 0 Å². The van der Waals surface area contributed by atoms with Gasteiger partial charge in [-0.1, -0.05) is 169 Å². The molecule has 236 valence electrons. The van der Waals surface area contributed by atoms with E-state index in [2.05, 4.69) is 27.7 Å². The van der Waals surface area contributed by atoms with Crippen LogP contribution in [0.15, 0.2) is 0 Å². The molecule has 0 N–H and O–H groups in total. The van der Waals surface area contributed by atoms with Crippen LogP contribution in [0.3, 0.4) is 0 Å². The van der Waals surface area contributed by atoms with E-state index in [0.717, 1.165) is 0 Å². The van der Waals surface area contributed by atoms with Crippen LogP contribution in [-0.4, -0.2) is 24.6 Å². The van der Waals surface area contributed by atoms with E-state index in [0.29, 0.717) is 0 Å². The molecule has 0 aliphatic heterocycles. The number of hydrogen-bond acceptors (Lipinski definition) is 0. The van der Waals surface area contributed by atoms with Crippen molar-refractivity contribution >= 4 is 7.26 Å². The Morgan fingerprint density at radius 2 is 0.359 bits per heavy atom. The molecule has 0 spiro atoms. The van der Waals surface area contributed by atoms with Crippen molar-refractivity contribution in [2.75, 3.05) is 24.6 Å². The van der Waals surface area contributed by atoms with E-state index in [1.807, 2.05) is 0 Å². The van der Waals surface area contributed by atoms with Crippen LogP contribution in [0, 0.1) is 0 Å². The lowest BCUT2D eigenvalue weighted by molar-refractivity contribution is 0.560. The Balaban J connectivity index is 4.62. The first-order valence-corrected chi connectivity index (χ1v) is 21.6. The molecule has 0 aromatic carbocycles. The summed E-state index contributed by atoms with van der Waals surface area (Å²) in [6.07, 6.45) is 51.2. The van der Waals surface area contributed by atoms with Crippen LogP contribution in [0.4, 0.5) is 0 Å². The Kier molecular flexibility index (Phi) is 33.3. The molecule has 0 bridgehead atoms. The van der Waals surface area contributed by atoms with Crippen molar-refractivity contribution in [3.8, 4) is 0 Å². The van der Waals surface area contributed by atoms with Crippen molar-refractivity contribution in [1.29, 1.82) is 0 Å². The Morgan fingerprint density at radius 1 is 0.205 bits per heavy atom. The summed E-state index contributed by atoms with van der Waals surface area (Å²) < 4.78 is 0. The van der Waals surface area contributed by atoms with Crippen molar-refractivity contribution in [2.45, 2.75) is 220 Å². The lowest BCUT2D eigenvalue weighted by Gasteiger charge is -2.28. The van der Waals surface area contributed by atoms with Crippen LogP contribution >= 0.6 is 7.26 Å². The van der Waals surface area contributed by atoms with Gasteiger partial charge in [-0.05, 0) is 51.4 Å². The van der Waals surface area contributed by atoms with E-state index in [-0.39, 0.29) is 0 Å². The summed E-state index contributed by atoms with van der Waals surface area (Å²) in [5, 5.41) is 0. The zero-order chi connectivity index (χ0) is 28.5. The van der Waals surface area contributed by atoms with Gasteiger partial charge in [0.25, 0.3) is 0 Å². The van der Waals surface area contributed by atoms with Gasteiger partial charge >= 0.3 is 0 Å². The molecule has 0 aliphatic carbocycles. The van der Waals surface area contributed by atoms with Gasteiger partial charge in [0, 0.05) is 7.26 Å². The minimum absolute atomic E-state index is 0.741. The molecule has 0 atom stereocenters. The van der Waals surface area contributed by atoms with E-state index in [9.17, 15) is 0 Å². The van der Waals surface area contributed by atoms with E-state index >= 15 is 0 Å². The predicted octanol–water partition coefficient (Wildman–Crippen LogP) is 14.8. The number of hydrogen-bond donors (Lipinski definition) is 0. The van der Waals surface area contributed by atoms with Gasteiger partial charge in [-0.15, -0.1) is 0 Å². The van der Waals surface area contributed by atoms with Crippen LogP contribution in [0.25, 0.3) is 0 Å². The summed E-state index contributed by atoms with van der Waals surface area (Å²) in [6.45, 7) is 9.39. The van der Waals surface area contributed by atoms with Crippen molar-refractivity contribution < 1.29 is 0 Å². The van der Waals surface area contributed by atoms with Crippen LogP contribution in [0.1, 0.15) is 220 Å². The zero-order valence-corrected chi connectivity index (χ0v) is 29.4. The van der Waals surface area contributed by atoms with E-state index in [4.69, 9.17) is 0 Å². The number of rotatable bonds is 34. The largest absolute Gasteiger partial charge is 0.0654 e. The van der Waals surface area contributed by atoms with Gasteiger partial charge in [-0.25, -0.2) is 0 Å². The van der Waals surface area contributed by atoms with Gasteiger partial charge in [-0.3, -0.25) is 0 Å². The predicted molar refractivity (Wildman–Crippen MR) is 188 cm³/mol. The monoisotopic (exact) mass is 568 g/mol. The minimum Gasteiger partial charge on any atom is -0.0654 e. The molecule has 0 aromatic rings. The first kappa shape index (κ1) is 39.4. The van der Waals surface area contributed by atoms with Crippen LogP contribution in [0.5, 0.6) is 0 Å². The summed E-state index contributed by atoms with van der Waals surface area (Å²) in [5.41, 5.74) is 0. The van der Waals surface area contributed by atoms with Gasteiger partial charge in [-0.2, -0.15) is 0 Å². The quantitative estimate of drug-likeness (QED) is 0.0536. The summed E-state index contributed by atoms with van der Waals surface area (Å²) in [5.74, 6) is 0. The van der Waals surface area contributed by atoms with Gasteiger partial charge in [0.05, 0.1) is 24.6 Å². The fraction of sp³-hybridized carbons (Fsp3) is 1.00. The molecule has 0 heterocycles. The Hall–Kier alpha value is 0.430. The smallest absolute Gasteiger partial charge is 0.0594 e. The molecule has 0 saturated heterocycles. The lowest BCUT2D eigenvalue weighted by Crippen LogP contribution is -2.13. The maximum absolute atomic E-state index is 2.37. The van der Waals surface area contributed by atoms with Crippen molar-refractivity contribution in [3.05, 3.63) is 0 Å². The normalized spacial score (nSPS) is 12.0. The van der Waals surface area contributed by atoms with Crippen LogP contribution in [-0.2, 0) is 0 Å². The number of unbranched alkanes of at least 4 members (excludes halogenated alkanes) is 26. The summed E-state index contributed by atoms with van der Waals surface area (Å²) >= 11 is 0.